The van der Waals surface area contributed by atoms with Crippen LogP contribution in [0.5, 0.6) is 5.75 Å². The third-order valence-corrected chi connectivity index (χ3v) is 7.16. The Balaban J connectivity index is 1.93. The molecule has 0 aliphatic carbocycles. The molecule has 170 valence electrons. The number of fused-ring (bicyclic) bond motifs is 1. The number of carbonyl (C=O) groups is 1. The molecule has 0 aliphatic rings. The molecule has 4 rings (SSSR count). The van der Waals surface area contributed by atoms with Crippen LogP contribution in [0, 0.1) is 6.92 Å². The summed E-state index contributed by atoms with van der Waals surface area (Å²) in [5, 5.41) is 16.2. The highest BCUT2D eigenvalue weighted by Crippen LogP contribution is 2.36. The van der Waals surface area contributed by atoms with Crippen LogP contribution in [-0.4, -0.2) is 46.4 Å². The number of pyridine rings is 2. The van der Waals surface area contributed by atoms with E-state index in [4.69, 9.17) is 4.74 Å². The zero-order chi connectivity index (χ0) is 23.8. The third kappa shape index (κ3) is 3.98. The van der Waals surface area contributed by atoms with Gasteiger partial charge in [0, 0.05) is 31.2 Å². The maximum atomic E-state index is 13.7. The van der Waals surface area contributed by atoms with Gasteiger partial charge in [-0.25, -0.2) is 18.2 Å². The smallest absolute Gasteiger partial charge is 0.339 e. The zero-order valence-electron chi connectivity index (χ0n) is 18.1. The van der Waals surface area contributed by atoms with Gasteiger partial charge in [-0.05, 0) is 37.3 Å². The minimum absolute atomic E-state index is 0.0368. The van der Waals surface area contributed by atoms with Crippen molar-refractivity contribution < 1.29 is 23.1 Å². The summed E-state index contributed by atoms with van der Waals surface area (Å²) in [5.74, 6) is -0.739. The first-order valence-electron chi connectivity index (χ1n) is 9.84. The Hall–Kier alpha value is -3.99. The van der Waals surface area contributed by atoms with Gasteiger partial charge in [-0.1, -0.05) is 6.07 Å². The topological polar surface area (TPSA) is 136 Å². The molecule has 0 amide bonds. The Morgan fingerprint density at radius 1 is 1.18 bits per heavy atom. The van der Waals surface area contributed by atoms with E-state index in [2.05, 4.69) is 20.4 Å². The molecular formula is C22H21N5O5S. The van der Waals surface area contributed by atoms with Crippen molar-refractivity contribution in [2.45, 2.75) is 17.2 Å². The van der Waals surface area contributed by atoms with Crippen LogP contribution in [0.15, 0.2) is 59.9 Å². The molecule has 0 aliphatic heterocycles. The summed E-state index contributed by atoms with van der Waals surface area (Å²) in [4.78, 5) is 20.3. The van der Waals surface area contributed by atoms with Crippen LogP contribution < -0.4 is 10.1 Å². The Kier molecular flexibility index (Phi) is 5.73. The summed E-state index contributed by atoms with van der Waals surface area (Å²) in [6, 6.07) is 9.20. The van der Waals surface area contributed by atoms with Gasteiger partial charge in [0.15, 0.2) is 11.0 Å². The molecule has 0 radical (unpaired) electrons. The number of carboxylic acids is 1. The van der Waals surface area contributed by atoms with E-state index in [9.17, 15) is 18.3 Å². The number of sulfone groups is 1. The van der Waals surface area contributed by atoms with E-state index in [1.807, 2.05) is 0 Å². The average molecular weight is 468 g/mol. The molecule has 0 spiro atoms. The maximum absolute atomic E-state index is 13.7. The number of hydrogen-bond acceptors (Lipinski definition) is 8. The molecular weight excluding hydrogens is 446 g/mol. The number of rotatable bonds is 7. The molecule has 10 nitrogen and oxygen atoms in total. The van der Waals surface area contributed by atoms with Gasteiger partial charge < -0.3 is 15.2 Å². The highest BCUT2D eigenvalue weighted by molar-refractivity contribution is 7.91. The van der Waals surface area contributed by atoms with Crippen molar-refractivity contribution in [1.82, 2.24) is 19.7 Å². The van der Waals surface area contributed by atoms with Crippen LogP contribution in [0.4, 0.5) is 5.69 Å². The summed E-state index contributed by atoms with van der Waals surface area (Å²) >= 11 is 0. The Labute approximate surface area is 189 Å². The number of aromatic nitrogens is 4. The summed E-state index contributed by atoms with van der Waals surface area (Å²) in [6.45, 7) is 1.71. The third-order valence-electron chi connectivity index (χ3n) is 5.22. The van der Waals surface area contributed by atoms with Crippen LogP contribution in [0.3, 0.4) is 0 Å². The molecule has 11 heteroatoms. The van der Waals surface area contributed by atoms with Crippen molar-refractivity contribution in [3.63, 3.8) is 0 Å². The SMILES string of the molecule is COc1ccc(S(=O)(=O)C(Nc2c(C(=O)O)cnc3c2c(C)nn3C)c2cccnc2)cc1. The van der Waals surface area contributed by atoms with E-state index in [0.717, 1.165) is 0 Å². The highest BCUT2D eigenvalue weighted by Gasteiger charge is 2.32. The summed E-state index contributed by atoms with van der Waals surface area (Å²) in [7, 11) is -0.874. The van der Waals surface area contributed by atoms with E-state index in [0.29, 0.717) is 28.0 Å². The molecule has 1 atom stereocenters. The van der Waals surface area contributed by atoms with Crippen LogP contribution in [-0.2, 0) is 16.9 Å². The zero-order valence-corrected chi connectivity index (χ0v) is 18.9. The summed E-state index contributed by atoms with van der Waals surface area (Å²) in [6.07, 6.45) is 4.14. The molecule has 0 saturated carbocycles. The van der Waals surface area contributed by atoms with Crippen molar-refractivity contribution in [2.24, 2.45) is 7.05 Å². The number of methoxy groups -OCH3 is 1. The van der Waals surface area contributed by atoms with Gasteiger partial charge in [-0.3, -0.25) is 9.67 Å². The number of hydrogen-bond donors (Lipinski definition) is 2. The van der Waals surface area contributed by atoms with Crippen molar-refractivity contribution >= 4 is 32.5 Å². The monoisotopic (exact) mass is 467 g/mol. The number of ether oxygens (including phenoxy) is 1. The summed E-state index contributed by atoms with van der Waals surface area (Å²) in [5.41, 5.74) is 1.22. The van der Waals surface area contributed by atoms with Gasteiger partial charge >= 0.3 is 5.97 Å². The van der Waals surface area contributed by atoms with Crippen molar-refractivity contribution in [2.75, 3.05) is 12.4 Å². The lowest BCUT2D eigenvalue weighted by atomic mass is 10.1. The fraction of sp³-hybridized carbons (Fsp3) is 0.182. The van der Waals surface area contributed by atoms with Gasteiger partial charge in [-0.15, -0.1) is 0 Å². The lowest BCUT2D eigenvalue weighted by Crippen LogP contribution is -2.23. The number of carboxylic acid groups (broad SMARTS) is 1. The Bertz CT molecular complexity index is 1430. The molecule has 0 fully saturated rings. The molecule has 4 aromatic rings. The Morgan fingerprint density at radius 2 is 1.91 bits per heavy atom. The number of benzene rings is 1. The number of aromatic carboxylic acids is 1. The van der Waals surface area contributed by atoms with Crippen LogP contribution in [0.1, 0.15) is 27.0 Å². The fourth-order valence-electron chi connectivity index (χ4n) is 3.63. The van der Waals surface area contributed by atoms with Gasteiger partial charge in [-0.2, -0.15) is 5.10 Å². The lowest BCUT2D eigenvalue weighted by Gasteiger charge is -2.22. The molecule has 33 heavy (non-hydrogen) atoms. The van der Waals surface area contributed by atoms with E-state index < -0.39 is 21.2 Å². The molecule has 2 N–H and O–H groups in total. The second-order valence-corrected chi connectivity index (χ2v) is 9.32. The maximum Gasteiger partial charge on any atom is 0.339 e. The van der Waals surface area contributed by atoms with Crippen molar-refractivity contribution in [1.29, 1.82) is 0 Å². The number of nitrogens with zero attached hydrogens (tertiary/aromatic N) is 4. The largest absolute Gasteiger partial charge is 0.497 e. The van der Waals surface area contributed by atoms with E-state index in [1.54, 1.807) is 38.2 Å². The van der Waals surface area contributed by atoms with Crippen LogP contribution >= 0.6 is 0 Å². The van der Waals surface area contributed by atoms with E-state index in [1.165, 1.54) is 42.5 Å². The van der Waals surface area contributed by atoms with Gasteiger partial charge in [0.25, 0.3) is 0 Å². The first-order valence-corrected chi connectivity index (χ1v) is 11.4. The van der Waals surface area contributed by atoms with Gasteiger partial charge in [0.05, 0.1) is 28.8 Å². The number of aryl methyl sites for hydroxylation is 2. The van der Waals surface area contributed by atoms with Crippen molar-refractivity contribution in [3.05, 3.63) is 71.8 Å². The molecule has 3 heterocycles. The molecule has 1 aromatic carbocycles. The first kappa shape index (κ1) is 22.2. The standard InChI is InChI=1S/C22H21N5O5S/c1-13-18-19(17(22(28)29)12-24-20(18)27(2)26-13)25-21(14-5-4-10-23-11-14)33(30,31)16-8-6-15(32-3)7-9-16/h4-12,21H,1-3H3,(H,24,25)(H,28,29). The van der Waals surface area contributed by atoms with Gasteiger partial charge in [0.2, 0.25) is 9.84 Å². The molecule has 0 bridgehead atoms. The van der Waals surface area contributed by atoms with Crippen LogP contribution in [0.25, 0.3) is 11.0 Å². The summed E-state index contributed by atoms with van der Waals surface area (Å²) < 4.78 is 34.1. The predicted octanol–water partition coefficient (Wildman–Crippen LogP) is 2.96. The predicted molar refractivity (Wildman–Crippen MR) is 121 cm³/mol. The Morgan fingerprint density at radius 3 is 2.52 bits per heavy atom. The normalized spacial score (nSPS) is 12.5. The number of anilines is 1. The highest BCUT2D eigenvalue weighted by atomic mass is 32.2. The fourth-order valence-corrected chi connectivity index (χ4v) is 5.19. The van der Waals surface area contributed by atoms with Gasteiger partial charge in [0.1, 0.15) is 11.3 Å². The quantitative estimate of drug-likeness (QED) is 0.420. The second kappa shape index (κ2) is 8.51. The first-order chi connectivity index (χ1) is 15.7. The second-order valence-electron chi connectivity index (χ2n) is 7.29. The average Bonchev–Trinajstić information content (AvgIpc) is 3.11. The minimum Gasteiger partial charge on any atom is -0.497 e. The number of nitrogens with one attached hydrogen (secondary N) is 1. The lowest BCUT2D eigenvalue weighted by molar-refractivity contribution is 0.0697. The molecule has 3 aromatic heterocycles. The van der Waals surface area contributed by atoms with Crippen molar-refractivity contribution in [3.8, 4) is 5.75 Å². The molecule has 0 saturated heterocycles. The minimum atomic E-state index is -4.04. The van der Waals surface area contributed by atoms with Crippen LogP contribution in [0.2, 0.25) is 0 Å². The van der Waals surface area contributed by atoms with E-state index >= 15 is 0 Å². The molecule has 1 unspecified atom stereocenters. The van der Waals surface area contributed by atoms with E-state index in [-0.39, 0.29) is 16.1 Å².